The van der Waals surface area contributed by atoms with Crippen molar-refractivity contribution in [2.24, 2.45) is 0 Å². The van der Waals surface area contributed by atoms with E-state index in [4.69, 9.17) is 0 Å². The van der Waals surface area contributed by atoms with Gasteiger partial charge in [-0.05, 0) is 0 Å². The second-order valence-electron chi connectivity index (χ2n) is 5.34. The number of hydrogen-bond acceptors (Lipinski definition) is 0. The van der Waals surface area contributed by atoms with Crippen molar-refractivity contribution in [2.75, 3.05) is 0 Å². The van der Waals surface area contributed by atoms with Crippen molar-refractivity contribution in [1.82, 2.24) is 0 Å². The van der Waals surface area contributed by atoms with Gasteiger partial charge in [-0.3, -0.25) is 0 Å². The van der Waals surface area contributed by atoms with Crippen LogP contribution in [0, 0.1) is 0 Å². The second kappa shape index (κ2) is 6.89. The Kier molecular flexibility index (Phi) is 4.90. The summed E-state index contributed by atoms with van der Waals surface area (Å²) in [6.07, 6.45) is 0. The van der Waals surface area contributed by atoms with Gasteiger partial charge in [-0.15, -0.1) is 0 Å². The van der Waals surface area contributed by atoms with Crippen LogP contribution >= 0.6 is 5.45 Å². The van der Waals surface area contributed by atoms with Crippen molar-refractivity contribution < 1.29 is 16.3 Å². The summed E-state index contributed by atoms with van der Waals surface area (Å²) in [4.78, 5) is 0. The molecule has 0 saturated carbocycles. The topological polar surface area (TPSA) is 0 Å². The Morgan fingerprint density at radius 2 is 0.773 bits per heavy atom. The van der Waals surface area contributed by atoms with Crippen molar-refractivity contribution >= 4 is 21.4 Å². The van der Waals surface area contributed by atoms with Gasteiger partial charge >= 0.3 is 139 Å². The second-order valence-corrected chi connectivity index (χ2v) is 18.6. The maximum absolute atomic E-state index is 2.49. The number of benzene rings is 3. The number of rotatable bonds is 4. The molecule has 3 rings (SSSR count). The molecular weight excluding hydrogens is 378 g/mol. The molecule has 0 aliphatic heterocycles. The van der Waals surface area contributed by atoms with Crippen LogP contribution in [0.15, 0.2) is 91.0 Å². The zero-order chi connectivity index (χ0) is 15.4. The van der Waals surface area contributed by atoms with E-state index in [1.807, 2.05) is 0 Å². The molecule has 0 nitrogen and oxygen atoms in total. The first kappa shape index (κ1) is 15.6. The molecular formula is C20H22PPd. The van der Waals surface area contributed by atoms with Gasteiger partial charge in [-0.1, -0.05) is 0 Å². The SMILES string of the molecule is [CH3][Pd]([CH3])[PH](c1ccccc1)(c1ccccc1)c1ccccc1. The predicted molar refractivity (Wildman–Crippen MR) is 98.3 cm³/mol. The first-order valence-electron chi connectivity index (χ1n) is 7.27. The first-order chi connectivity index (χ1) is 10.8. The molecule has 0 N–H and O–H groups in total. The zero-order valence-corrected chi connectivity index (χ0v) is 15.5. The molecule has 0 aromatic heterocycles. The third kappa shape index (κ3) is 2.70. The average Bonchev–Trinajstić information content (AvgIpc) is 2.58. The molecule has 117 valence electrons. The molecule has 2 heteroatoms. The Hall–Kier alpha value is -1.25. The fourth-order valence-electron chi connectivity index (χ4n) is 3.02. The van der Waals surface area contributed by atoms with Crippen LogP contribution in [-0.4, -0.2) is 0 Å². The molecule has 0 fully saturated rings. The molecule has 0 unspecified atom stereocenters. The molecule has 22 heavy (non-hydrogen) atoms. The van der Waals surface area contributed by atoms with Crippen molar-refractivity contribution in [1.29, 1.82) is 0 Å². The fraction of sp³-hybridized carbons (Fsp3) is 0.100. The van der Waals surface area contributed by atoms with Crippen LogP contribution in [-0.2, 0) is 16.3 Å². The Morgan fingerprint density at radius 3 is 1.00 bits per heavy atom. The maximum atomic E-state index is 2.49. The molecule has 0 atom stereocenters. The zero-order valence-electron chi connectivity index (χ0n) is 13.0. The summed E-state index contributed by atoms with van der Waals surface area (Å²) in [6.45, 7) is 0. The van der Waals surface area contributed by atoms with Gasteiger partial charge in [0.1, 0.15) is 0 Å². The van der Waals surface area contributed by atoms with Crippen LogP contribution < -0.4 is 15.9 Å². The third-order valence-electron chi connectivity index (χ3n) is 3.94. The van der Waals surface area contributed by atoms with Gasteiger partial charge in [0.2, 0.25) is 0 Å². The van der Waals surface area contributed by atoms with E-state index in [0.29, 0.717) is 0 Å². The van der Waals surface area contributed by atoms with Crippen molar-refractivity contribution in [2.45, 2.75) is 10.8 Å². The third-order valence-corrected chi connectivity index (χ3v) is 19.2. The van der Waals surface area contributed by atoms with Crippen LogP contribution in [0.3, 0.4) is 0 Å². The summed E-state index contributed by atoms with van der Waals surface area (Å²) in [5.74, 6) is 0. The Labute approximate surface area is 139 Å². The Bertz CT molecular complexity index is 612. The molecule has 0 saturated heterocycles. The van der Waals surface area contributed by atoms with Crippen LogP contribution in [0.2, 0.25) is 10.8 Å². The summed E-state index contributed by atoms with van der Waals surface area (Å²) in [5.41, 5.74) is -1.88. The minimum absolute atomic E-state index is 0.715. The van der Waals surface area contributed by atoms with E-state index >= 15 is 0 Å². The quantitative estimate of drug-likeness (QED) is 0.452. The summed E-state index contributed by atoms with van der Waals surface area (Å²) >= 11 is -0.715. The van der Waals surface area contributed by atoms with Crippen molar-refractivity contribution in [3.63, 3.8) is 0 Å². The van der Waals surface area contributed by atoms with Gasteiger partial charge in [-0.25, -0.2) is 0 Å². The van der Waals surface area contributed by atoms with Crippen molar-refractivity contribution in [3.05, 3.63) is 91.0 Å². The number of hydrogen-bond donors (Lipinski definition) is 0. The van der Waals surface area contributed by atoms with Gasteiger partial charge in [0.25, 0.3) is 0 Å². The van der Waals surface area contributed by atoms with Gasteiger partial charge in [0.05, 0.1) is 0 Å². The molecule has 0 spiro atoms. The first-order valence-corrected chi connectivity index (χ1v) is 14.5. The van der Waals surface area contributed by atoms with Gasteiger partial charge in [-0.2, -0.15) is 0 Å². The van der Waals surface area contributed by atoms with Crippen LogP contribution in [0.25, 0.3) is 0 Å². The fourth-order valence-corrected chi connectivity index (χ4v) is 17.4. The molecule has 0 bridgehead atoms. The Balaban J connectivity index is 2.34. The Morgan fingerprint density at radius 1 is 0.500 bits per heavy atom. The van der Waals surface area contributed by atoms with E-state index in [-0.39, 0.29) is 0 Å². The molecule has 3 aromatic rings. The molecule has 3 aromatic carbocycles. The van der Waals surface area contributed by atoms with Crippen LogP contribution in [0.1, 0.15) is 0 Å². The normalized spacial score (nSPS) is 12.7. The van der Waals surface area contributed by atoms with E-state index < -0.39 is 21.7 Å². The van der Waals surface area contributed by atoms with Gasteiger partial charge in [0, 0.05) is 0 Å². The van der Waals surface area contributed by atoms with E-state index in [2.05, 4.69) is 102 Å². The molecule has 0 heterocycles. The van der Waals surface area contributed by atoms with E-state index in [1.165, 1.54) is 0 Å². The van der Waals surface area contributed by atoms with Gasteiger partial charge in [0.15, 0.2) is 0 Å². The van der Waals surface area contributed by atoms with Crippen LogP contribution in [0.4, 0.5) is 0 Å². The molecule has 0 amide bonds. The van der Waals surface area contributed by atoms with Crippen molar-refractivity contribution in [3.8, 4) is 0 Å². The van der Waals surface area contributed by atoms with E-state index in [1.54, 1.807) is 15.9 Å². The predicted octanol–water partition coefficient (Wildman–Crippen LogP) is 4.34. The van der Waals surface area contributed by atoms with E-state index in [0.717, 1.165) is 0 Å². The van der Waals surface area contributed by atoms with E-state index in [9.17, 15) is 0 Å². The summed E-state index contributed by atoms with van der Waals surface area (Å²) in [6, 6.07) is 33.6. The molecule has 0 aliphatic rings. The summed E-state index contributed by atoms with van der Waals surface area (Å²) in [5, 5.41) is 9.60. The monoisotopic (exact) mass is 399 g/mol. The minimum atomic E-state index is -1.88. The molecule has 0 aliphatic carbocycles. The summed E-state index contributed by atoms with van der Waals surface area (Å²) in [7, 11) is 0. The standard InChI is InChI=1S/C18H15P.2CH3.Pd/c1-4-10-16(11-5-1)19(17-12-6-2-7-13-17)18-14-8-3-9-15-18;;;/h1-15H;2*1H3;/q;;;-1/p+1. The summed E-state index contributed by atoms with van der Waals surface area (Å²) < 4.78 is 0. The molecule has 0 radical (unpaired) electrons. The van der Waals surface area contributed by atoms with Crippen LogP contribution in [0.5, 0.6) is 0 Å². The van der Waals surface area contributed by atoms with Gasteiger partial charge < -0.3 is 0 Å². The average molecular weight is 400 g/mol.